The monoisotopic (exact) mass is 255 g/mol. The second-order valence-corrected chi connectivity index (χ2v) is 5.24. The summed E-state index contributed by atoms with van der Waals surface area (Å²) in [5.41, 5.74) is 0. The molecular formula is C13H25N3O2. The van der Waals surface area contributed by atoms with E-state index in [0.717, 1.165) is 45.6 Å². The standard InChI is InChI=1S/C13H25N3O2/c1-3-18-13(17)12-10-14-6-9-16(12)11-4-7-15(2)8-5-11/h11-12,14H,3-10H2,1-2H3. The van der Waals surface area contributed by atoms with Crippen LogP contribution in [0.2, 0.25) is 0 Å². The van der Waals surface area contributed by atoms with Crippen molar-refractivity contribution >= 4 is 5.97 Å². The van der Waals surface area contributed by atoms with Crippen LogP contribution in [-0.2, 0) is 9.53 Å². The summed E-state index contributed by atoms with van der Waals surface area (Å²) in [5, 5.41) is 3.30. The maximum absolute atomic E-state index is 12.0. The average Bonchev–Trinajstić information content (AvgIpc) is 2.40. The summed E-state index contributed by atoms with van der Waals surface area (Å²) in [6.07, 6.45) is 2.32. The van der Waals surface area contributed by atoms with Gasteiger partial charge in [-0.1, -0.05) is 0 Å². The molecule has 0 radical (unpaired) electrons. The predicted octanol–water partition coefficient (Wildman–Crippen LogP) is -0.0825. The van der Waals surface area contributed by atoms with Gasteiger partial charge in [-0.2, -0.15) is 0 Å². The summed E-state index contributed by atoms with van der Waals surface area (Å²) in [7, 11) is 2.16. The number of esters is 1. The lowest BCUT2D eigenvalue weighted by molar-refractivity contribution is -0.151. The fourth-order valence-electron chi connectivity index (χ4n) is 2.94. The summed E-state index contributed by atoms with van der Waals surface area (Å²) >= 11 is 0. The minimum absolute atomic E-state index is 0.0661. The van der Waals surface area contributed by atoms with Crippen LogP contribution in [-0.4, -0.2) is 74.2 Å². The van der Waals surface area contributed by atoms with E-state index in [2.05, 4.69) is 22.2 Å². The molecule has 2 fully saturated rings. The number of rotatable bonds is 3. The van der Waals surface area contributed by atoms with E-state index in [1.54, 1.807) is 0 Å². The summed E-state index contributed by atoms with van der Waals surface area (Å²) in [5.74, 6) is -0.0661. The highest BCUT2D eigenvalue weighted by molar-refractivity contribution is 5.76. The molecule has 0 spiro atoms. The molecule has 2 aliphatic rings. The van der Waals surface area contributed by atoms with Gasteiger partial charge >= 0.3 is 5.97 Å². The molecule has 2 aliphatic heterocycles. The third-order valence-corrected chi connectivity index (χ3v) is 4.00. The second-order valence-electron chi connectivity index (χ2n) is 5.24. The van der Waals surface area contributed by atoms with Crippen molar-refractivity contribution in [3.63, 3.8) is 0 Å². The normalized spacial score (nSPS) is 28.2. The number of nitrogens with zero attached hydrogens (tertiary/aromatic N) is 2. The lowest BCUT2D eigenvalue weighted by Crippen LogP contribution is -2.60. The SMILES string of the molecule is CCOC(=O)C1CNCCN1C1CCN(C)CC1. The first-order valence-electron chi connectivity index (χ1n) is 7.04. The number of hydrogen-bond acceptors (Lipinski definition) is 5. The molecule has 1 N–H and O–H groups in total. The maximum atomic E-state index is 12.0. The van der Waals surface area contributed by atoms with E-state index in [1.165, 1.54) is 0 Å². The van der Waals surface area contributed by atoms with E-state index in [9.17, 15) is 4.79 Å². The minimum atomic E-state index is -0.0906. The Morgan fingerprint density at radius 3 is 2.72 bits per heavy atom. The molecule has 0 bridgehead atoms. The van der Waals surface area contributed by atoms with Crippen LogP contribution in [0.15, 0.2) is 0 Å². The Bertz CT molecular complexity index is 277. The Hall–Kier alpha value is -0.650. The topological polar surface area (TPSA) is 44.8 Å². The number of likely N-dealkylation sites (tertiary alicyclic amines) is 1. The number of nitrogens with one attached hydrogen (secondary N) is 1. The maximum Gasteiger partial charge on any atom is 0.324 e. The summed E-state index contributed by atoms with van der Waals surface area (Å²) < 4.78 is 5.19. The van der Waals surface area contributed by atoms with Crippen LogP contribution in [0.1, 0.15) is 19.8 Å². The Morgan fingerprint density at radius 2 is 2.06 bits per heavy atom. The number of carbonyl (C=O) groups excluding carboxylic acids is 1. The Kier molecular flexibility index (Phi) is 4.97. The summed E-state index contributed by atoms with van der Waals surface area (Å²) in [6, 6.07) is 0.449. The molecule has 2 heterocycles. The first-order chi connectivity index (χ1) is 8.72. The van der Waals surface area contributed by atoms with Crippen LogP contribution < -0.4 is 5.32 Å². The molecule has 18 heavy (non-hydrogen) atoms. The third kappa shape index (κ3) is 3.22. The van der Waals surface area contributed by atoms with Crippen molar-refractivity contribution in [2.24, 2.45) is 0 Å². The lowest BCUT2D eigenvalue weighted by Gasteiger charge is -2.43. The van der Waals surface area contributed by atoms with Crippen molar-refractivity contribution in [1.82, 2.24) is 15.1 Å². The predicted molar refractivity (Wildman–Crippen MR) is 70.5 cm³/mol. The molecule has 1 atom stereocenters. The van der Waals surface area contributed by atoms with E-state index in [-0.39, 0.29) is 12.0 Å². The van der Waals surface area contributed by atoms with E-state index in [1.807, 2.05) is 6.92 Å². The molecule has 1 unspecified atom stereocenters. The molecule has 2 rings (SSSR count). The lowest BCUT2D eigenvalue weighted by atomic mass is 10.00. The molecule has 0 aromatic carbocycles. The number of ether oxygens (including phenoxy) is 1. The highest BCUT2D eigenvalue weighted by atomic mass is 16.5. The van der Waals surface area contributed by atoms with Crippen LogP contribution in [0.25, 0.3) is 0 Å². The largest absolute Gasteiger partial charge is 0.465 e. The van der Waals surface area contributed by atoms with Crippen LogP contribution in [0.5, 0.6) is 0 Å². The number of carbonyl (C=O) groups is 1. The van der Waals surface area contributed by atoms with Gasteiger partial charge in [0.15, 0.2) is 0 Å². The highest BCUT2D eigenvalue weighted by Crippen LogP contribution is 2.19. The molecule has 0 aromatic rings. The first-order valence-corrected chi connectivity index (χ1v) is 7.04. The fourth-order valence-corrected chi connectivity index (χ4v) is 2.94. The van der Waals surface area contributed by atoms with Crippen molar-refractivity contribution < 1.29 is 9.53 Å². The van der Waals surface area contributed by atoms with Crippen molar-refractivity contribution in [3.05, 3.63) is 0 Å². The zero-order valence-corrected chi connectivity index (χ0v) is 11.5. The smallest absolute Gasteiger partial charge is 0.324 e. The number of hydrogen-bond donors (Lipinski definition) is 1. The first kappa shape index (κ1) is 13.8. The van der Waals surface area contributed by atoms with Crippen LogP contribution in [0.4, 0.5) is 0 Å². The number of piperazine rings is 1. The van der Waals surface area contributed by atoms with Gasteiger partial charge in [0.25, 0.3) is 0 Å². The van der Waals surface area contributed by atoms with E-state index < -0.39 is 0 Å². The molecular weight excluding hydrogens is 230 g/mol. The van der Waals surface area contributed by atoms with E-state index >= 15 is 0 Å². The average molecular weight is 255 g/mol. The molecule has 104 valence electrons. The molecule has 0 saturated carbocycles. The van der Waals surface area contributed by atoms with Crippen molar-refractivity contribution in [3.8, 4) is 0 Å². The van der Waals surface area contributed by atoms with Gasteiger partial charge in [0.1, 0.15) is 6.04 Å². The number of piperidine rings is 1. The zero-order chi connectivity index (χ0) is 13.0. The summed E-state index contributed by atoms with van der Waals surface area (Å²) in [4.78, 5) is 16.7. The van der Waals surface area contributed by atoms with Crippen LogP contribution >= 0.6 is 0 Å². The Balaban J connectivity index is 1.96. The van der Waals surface area contributed by atoms with Gasteiger partial charge in [0, 0.05) is 25.7 Å². The van der Waals surface area contributed by atoms with Gasteiger partial charge in [0.2, 0.25) is 0 Å². The van der Waals surface area contributed by atoms with Gasteiger partial charge in [-0.05, 0) is 39.9 Å². The van der Waals surface area contributed by atoms with Crippen molar-refractivity contribution in [1.29, 1.82) is 0 Å². The van der Waals surface area contributed by atoms with Gasteiger partial charge in [-0.25, -0.2) is 0 Å². The highest BCUT2D eigenvalue weighted by Gasteiger charge is 2.35. The van der Waals surface area contributed by atoms with Crippen LogP contribution in [0, 0.1) is 0 Å². The molecule has 0 aromatic heterocycles. The van der Waals surface area contributed by atoms with Gasteiger partial charge in [0.05, 0.1) is 6.61 Å². The van der Waals surface area contributed by atoms with Gasteiger partial charge in [-0.3, -0.25) is 9.69 Å². The van der Waals surface area contributed by atoms with E-state index in [4.69, 9.17) is 4.74 Å². The quantitative estimate of drug-likeness (QED) is 0.715. The molecule has 0 amide bonds. The molecule has 0 aliphatic carbocycles. The van der Waals surface area contributed by atoms with Crippen LogP contribution in [0.3, 0.4) is 0 Å². The van der Waals surface area contributed by atoms with Gasteiger partial charge in [-0.15, -0.1) is 0 Å². The molecule has 5 heteroatoms. The van der Waals surface area contributed by atoms with Crippen molar-refractivity contribution in [2.75, 3.05) is 46.4 Å². The van der Waals surface area contributed by atoms with Crippen molar-refractivity contribution in [2.45, 2.75) is 31.8 Å². The zero-order valence-electron chi connectivity index (χ0n) is 11.5. The molecule has 2 saturated heterocycles. The fraction of sp³-hybridized carbons (Fsp3) is 0.923. The third-order valence-electron chi connectivity index (χ3n) is 4.00. The molecule has 5 nitrogen and oxygen atoms in total. The van der Waals surface area contributed by atoms with Gasteiger partial charge < -0.3 is 15.0 Å². The Labute approximate surface area is 109 Å². The Morgan fingerprint density at radius 1 is 1.33 bits per heavy atom. The second kappa shape index (κ2) is 6.50. The summed E-state index contributed by atoms with van der Waals surface area (Å²) in [6.45, 7) is 7.25. The van der Waals surface area contributed by atoms with E-state index in [0.29, 0.717) is 12.6 Å². The minimum Gasteiger partial charge on any atom is -0.465 e.